The number of anilines is 1. The fraction of sp³-hybridized carbons (Fsp3) is 0.429. The molecule has 2 aromatic rings. The molecule has 8 nitrogen and oxygen atoms in total. The first-order valence-electron chi connectivity index (χ1n) is 10.0. The fourth-order valence-corrected chi connectivity index (χ4v) is 3.65. The van der Waals surface area contributed by atoms with Gasteiger partial charge in [0.2, 0.25) is 0 Å². The largest absolute Gasteiger partial charge is 0.490 e. The molecule has 0 bridgehead atoms. The minimum absolute atomic E-state index is 0.0563. The van der Waals surface area contributed by atoms with Gasteiger partial charge < -0.3 is 14.7 Å². The maximum absolute atomic E-state index is 13.0. The number of amides is 1. The lowest BCUT2D eigenvalue weighted by molar-refractivity contribution is -0.192. The molecule has 1 amide bonds. The van der Waals surface area contributed by atoms with Crippen LogP contribution < -0.4 is 4.90 Å². The molecule has 1 aromatic carbocycles. The molecule has 4 rings (SSSR count). The Morgan fingerprint density at radius 2 is 1.70 bits per heavy atom. The van der Waals surface area contributed by atoms with Crippen molar-refractivity contribution in [1.82, 2.24) is 14.9 Å². The van der Waals surface area contributed by atoms with Crippen molar-refractivity contribution in [2.75, 3.05) is 31.1 Å². The lowest BCUT2D eigenvalue weighted by Crippen LogP contribution is -2.58. The summed E-state index contributed by atoms with van der Waals surface area (Å²) >= 11 is 0. The van der Waals surface area contributed by atoms with Gasteiger partial charge in [-0.15, -0.1) is 0 Å². The van der Waals surface area contributed by atoms with Crippen LogP contribution in [-0.4, -0.2) is 69.9 Å². The van der Waals surface area contributed by atoms with E-state index >= 15 is 0 Å². The molecule has 2 fully saturated rings. The molecule has 0 aliphatic carbocycles. The summed E-state index contributed by atoms with van der Waals surface area (Å²) in [4.78, 5) is 33.3. The van der Waals surface area contributed by atoms with E-state index in [0.29, 0.717) is 12.2 Å². The van der Waals surface area contributed by atoms with E-state index in [-0.39, 0.29) is 23.9 Å². The smallest absolute Gasteiger partial charge is 0.475 e. The third-order valence-electron chi connectivity index (χ3n) is 5.44. The predicted molar refractivity (Wildman–Crippen MR) is 108 cm³/mol. The van der Waals surface area contributed by atoms with Gasteiger partial charge in [-0.1, -0.05) is 12.1 Å². The van der Waals surface area contributed by atoms with Crippen molar-refractivity contribution in [2.45, 2.75) is 31.2 Å². The van der Waals surface area contributed by atoms with Crippen LogP contribution in [0.4, 0.5) is 23.2 Å². The Labute approximate surface area is 186 Å². The Balaban J connectivity index is 0.000000383. The van der Waals surface area contributed by atoms with Crippen molar-refractivity contribution in [2.24, 2.45) is 0 Å². The second-order valence-corrected chi connectivity index (χ2v) is 7.75. The van der Waals surface area contributed by atoms with Gasteiger partial charge in [-0.3, -0.25) is 9.69 Å². The molecule has 178 valence electrons. The third kappa shape index (κ3) is 6.68. The molecule has 12 heteroatoms. The zero-order valence-corrected chi connectivity index (χ0v) is 17.5. The predicted octanol–water partition coefficient (Wildman–Crippen LogP) is 2.65. The number of benzene rings is 1. The number of morpholine rings is 1. The van der Waals surface area contributed by atoms with E-state index in [0.717, 1.165) is 38.0 Å². The van der Waals surface area contributed by atoms with Gasteiger partial charge in [0, 0.05) is 19.6 Å². The number of hydrogen-bond donors (Lipinski definition) is 1. The van der Waals surface area contributed by atoms with Crippen LogP contribution in [-0.2, 0) is 20.9 Å². The van der Waals surface area contributed by atoms with Crippen LogP contribution in [0.1, 0.15) is 18.4 Å². The molecule has 2 aliphatic heterocycles. The van der Waals surface area contributed by atoms with E-state index in [4.69, 9.17) is 14.6 Å². The summed E-state index contributed by atoms with van der Waals surface area (Å²) in [5.74, 6) is -3.02. The van der Waals surface area contributed by atoms with Crippen molar-refractivity contribution < 1.29 is 37.0 Å². The van der Waals surface area contributed by atoms with E-state index in [1.54, 1.807) is 17.3 Å². The summed E-state index contributed by atoms with van der Waals surface area (Å²) in [6.45, 7) is 3.18. The van der Waals surface area contributed by atoms with Gasteiger partial charge in [0.15, 0.2) is 0 Å². The summed E-state index contributed by atoms with van der Waals surface area (Å²) in [7, 11) is 0. The summed E-state index contributed by atoms with van der Waals surface area (Å²) in [5.41, 5.74) is 1.50. The number of likely N-dealkylation sites (tertiary alicyclic amines) is 1. The van der Waals surface area contributed by atoms with Gasteiger partial charge in [0.25, 0.3) is 5.91 Å². The molecular formula is C21H22F4N4O4. The first-order chi connectivity index (χ1) is 15.6. The lowest BCUT2D eigenvalue weighted by Gasteiger charge is -2.46. The highest BCUT2D eigenvalue weighted by atomic mass is 19.4. The Morgan fingerprint density at radius 3 is 2.24 bits per heavy atom. The molecular weight excluding hydrogens is 448 g/mol. The molecule has 33 heavy (non-hydrogen) atoms. The first-order valence-corrected chi connectivity index (χ1v) is 10.0. The number of aliphatic carboxylic acids is 1. The monoisotopic (exact) mass is 470 g/mol. The molecule has 0 unspecified atom stereocenters. The summed E-state index contributed by atoms with van der Waals surface area (Å²) < 4.78 is 50.8. The molecule has 0 saturated carbocycles. The van der Waals surface area contributed by atoms with E-state index in [1.165, 1.54) is 18.5 Å². The number of nitrogens with zero attached hydrogens (tertiary/aromatic N) is 4. The van der Waals surface area contributed by atoms with Crippen LogP contribution in [0.15, 0.2) is 43.0 Å². The summed E-state index contributed by atoms with van der Waals surface area (Å²) in [6, 6.07) is 6.64. The molecule has 0 radical (unpaired) electrons. The Kier molecular flexibility index (Phi) is 7.59. The Morgan fingerprint density at radius 1 is 1.12 bits per heavy atom. The quantitative estimate of drug-likeness (QED) is 0.689. The van der Waals surface area contributed by atoms with Crippen molar-refractivity contribution in [3.63, 3.8) is 0 Å². The van der Waals surface area contributed by atoms with Crippen LogP contribution in [0, 0.1) is 5.82 Å². The number of aromatic nitrogens is 2. The van der Waals surface area contributed by atoms with Crippen molar-refractivity contribution >= 4 is 17.6 Å². The maximum Gasteiger partial charge on any atom is 0.490 e. The van der Waals surface area contributed by atoms with Gasteiger partial charge in [0.05, 0.1) is 30.2 Å². The topological polar surface area (TPSA) is 95.9 Å². The Bertz CT molecular complexity index is 949. The standard InChI is InChI=1S/C19H21FN4O2.C2HF3O2/c20-16-3-1-15(2-4-16)11-23-7-5-19(6-8-23)13-24(18(25)12-26-19)17-9-21-14-22-10-17;3-2(4,5)1(6)7/h1-4,9-10,14H,5-8,11-13H2;(H,6,7). The highest BCUT2D eigenvalue weighted by Gasteiger charge is 2.42. The molecule has 0 atom stereocenters. The van der Waals surface area contributed by atoms with Crippen molar-refractivity contribution in [1.29, 1.82) is 0 Å². The van der Waals surface area contributed by atoms with Gasteiger partial charge in [-0.2, -0.15) is 13.2 Å². The zero-order chi connectivity index (χ0) is 24.1. The van der Waals surface area contributed by atoms with E-state index in [2.05, 4.69) is 14.9 Å². The van der Waals surface area contributed by atoms with Crippen LogP contribution in [0.5, 0.6) is 0 Å². The Hall–Kier alpha value is -3.12. The van der Waals surface area contributed by atoms with E-state index in [1.807, 2.05) is 12.1 Å². The van der Waals surface area contributed by atoms with Gasteiger partial charge in [0.1, 0.15) is 18.8 Å². The second kappa shape index (κ2) is 10.2. The van der Waals surface area contributed by atoms with Crippen LogP contribution in [0.25, 0.3) is 0 Å². The van der Waals surface area contributed by atoms with E-state index in [9.17, 15) is 22.4 Å². The molecule has 3 heterocycles. The number of carboxylic acid groups (broad SMARTS) is 1. The lowest BCUT2D eigenvalue weighted by atomic mass is 9.89. The number of carboxylic acids is 1. The van der Waals surface area contributed by atoms with Gasteiger partial charge >= 0.3 is 12.1 Å². The van der Waals surface area contributed by atoms with E-state index < -0.39 is 12.1 Å². The number of carbonyl (C=O) groups excluding carboxylic acids is 1. The minimum Gasteiger partial charge on any atom is -0.475 e. The molecule has 2 saturated heterocycles. The summed E-state index contributed by atoms with van der Waals surface area (Å²) in [5, 5.41) is 7.12. The van der Waals surface area contributed by atoms with Crippen molar-refractivity contribution in [3.8, 4) is 0 Å². The highest BCUT2D eigenvalue weighted by molar-refractivity contribution is 5.94. The van der Waals surface area contributed by atoms with Crippen LogP contribution in [0.3, 0.4) is 0 Å². The zero-order valence-electron chi connectivity index (χ0n) is 17.5. The SMILES string of the molecule is O=C(O)C(F)(F)F.O=C1COC2(CCN(Cc3ccc(F)cc3)CC2)CN1c1cncnc1. The second-order valence-electron chi connectivity index (χ2n) is 7.75. The average molecular weight is 470 g/mol. The summed E-state index contributed by atoms with van der Waals surface area (Å²) in [6.07, 6.45) is 1.40. The number of alkyl halides is 3. The number of carbonyl (C=O) groups is 2. The van der Waals surface area contributed by atoms with Gasteiger partial charge in [-0.05, 0) is 30.5 Å². The van der Waals surface area contributed by atoms with Crippen molar-refractivity contribution in [3.05, 3.63) is 54.4 Å². The number of piperidine rings is 1. The molecule has 2 aliphatic rings. The van der Waals surface area contributed by atoms with Crippen LogP contribution in [0.2, 0.25) is 0 Å². The highest BCUT2D eigenvalue weighted by Crippen LogP contribution is 2.32. The molecule has 1 N–H and O–H groups in total. The molecule has 1 aromatic heterocycles. The van der Waals surface area contributed by atoms with Gasteiger partial charge in [-0.25, -0.2) is 19.2 Å². The first kappa shape index (κ1) is 24.5. The normalized spacial score (nSPS) is 18.5. The fourth-order valence-electron chi connectivity index (χ4n) is 3.65. The van der Waals surface area contributed by atoms with Crippen LogP contribution >= 0.6 is 0 Å². The molecule has 1 spiro atoms. The number of halogens is 4. The average Bonchev–Trinajstić information content (AvgIpc) is 2.79. The maximum atomic E-state index is 13.0. The third-order valence-corrected chi connectivity index (χ3v) is 5.44. The number of hydrogen-bond acceptors (Lipinski definition) is 6. The number of ether oxygens (including phenoxy) is 1. The number of rotatable bonds is 3. The minimum atomic E-state index is -5.08.